The molecule has 2 aromatic carbocycles. The lowest BCUT2D eigenvalue weighted by atomic mass is 10.0. The van der Waals surface area contributed by atoms with Crippen molar-refractivity contribution in [2.45, 2.75) is 23.8 Å². The normalized spacial score (nSPS) is 12.0. The molecule has 0 heterocycles. The number of benzene rings is 2. The van der Waals surface area contributed by atoms with Crippen molar-refractivity contribution in [3.63, 3.8) is 0 Å². The zero-order chi connectivity index (χ0) is 22.3. The van der Waals surface area contributed by atoms with Gasteiger partial charge in [0.15, 0.2) is 11.5 Å². The Bertz CT molecular complexity index is 1000. The van der Waals surface area contributed by atoms with Crippen LogP contribution in [0.4, 0.5) is 0 Å². The number of hydrogen-bond acceptors (Lipinski definition) is 7. The van der Waals surface area contributed by atoms with Gasteiger partial charge in [-0.05, 0) is 35.4 Å². The molecule has 0 bridgehead atoms. The molecule has 2 aromatic rings. The fraction of sp³-hybridized carbons (Fsp3) is 0.300. The molecule has 0 radical (unpaired) electrons. The topological polar surface area (TPSA) is 134 Å². The smallest absolute Gasteiger partial charge is 0.307 e. The molecule has 2 rings (SSSR count). The quantitative estimate of drug-likeness (QED) is 0.566. The molecule has 0 saturated heterocycles. The maximum atomic E-state index is 12.6. The number of hydrogen-bond donors (Lipinski definition) is 2. The first-order valence-corrected chi connectivity index (χ1v) is 10.4. The van der Waals surface area contributed by atoms with Gasteiger partial charge in [-0.3, -0.25) is 9.59 Å². The van der Waals surface area contributed by atoms with Crippen LogP contribution in [0.25, 0.3) is 0 Å². The molecule has 30 heavy (non-hydrogen) atoms. The van der Waals surface area contributed by atoms with Crippen LogP contribution in [-0.4, -0.2) is 41.6 Å². The first kappa shape index (κ1) is 23.2. The third kappa shape index (κ3) is 6.19. The van der Waals surface area contributed by atoms with Crippen LogP contribution in [0.5, 0.6) is 11.5 Å². The van der Waals surface area contributed by atoms with E-state index in [-0.39, 0.29) is 23.6 Å². The zero-order valence-corrected chi connectivity index (χ0v) is 17.7. The Morgan fingerprint density at radius 3 is 2.17 bits per heavy atom. The van der Waals surface area contributed by atoms with Crippen LogP contribution in [-0.2, 0) is 30.8 Å². The highest BCUT2D eigenvalue weighted by Crippen LogP contribution is 2.31. The summed E-state index contributed by atoms with van der Waals surface area (Å²) in [6.07, 6.45) is -0.0993. The van der Waals surface area contributed by atoms with Crippen LogP contribution in [0, 0.1) is 0 Å². The largest absolute Gasteiger partial charge is 0.493 e. The summed E-state index contributed by atoms with van der Waals surface area (Å²) in [5.74, 6) is 0.117. The predicted molar refractivity (Wildman–Crippen MR) is 109 cm³/mol. The van der Waals surface area contributed by atoms with Crippen LogP contribution >= 0.6 is 0 Å². The summed E-state index contributed by atoms with van der Waals surface area (Å²) in [5, 5.41) is 7.87. The monoisotopic (exact) mass is 436 g/mol. The van der Waals surface area contributed by atoms with Gasteiger partial charge in [-0.1, -0.05) is 18.2 Å². The van der Waals surface area contributed by atoms with Crippen molar-refractivity contribution in [3.05, 3.63) is 53.6 Å². The fourth-order valence-electron chi connectivity index (χ4n) is 2.80. The molecule has 0 aliphatic rings. The van der Waals surface area contributed by atoms with E-state index in [0.717, 1.165) is 0 Å². The van der Waals surface area contributed by atoms with Gasteiger partial charge in [-0.15, -0.1) is 0 Å². The Labute approximate surface area is 175 Å². The molecule has 162 valence electrons. The van der Waals surface area contributed by atoms with E-state index < -0.39 is 22.0 Å². The van der Waals surface area contributed by atoms with Crippen LogP contribution in [0.2, 0.25) is 0 Å². The number of rotatable bonds is 9. The Hall–Kier alpha value is -3.11. The highest BCUT2D eigenvalue weighted by atomic mass is 32.2. The van der Waals surface area contributed by atoms with E-state index in [1.54, 1.807) is 18.2 Å². The number of amides is 1. The molecule has 1 amide bonds. The second-order valence-electron chi connectivity index (χ2n) is 6.38. The molecule has 1 unspecified atom stereocenters. The number of methoxy groups -OCH3 is 3. The van der Waals surface area contributed by atoms with Gasteiger partial charge in [-0.2, -0.15) is 0 Å². The highest BCUT2D eigenvalue weighted by molar-refractivity contribution is 7.89. The molecular formula is C20H24N2O7S. The summed E-state index contributed by atoms with van der Waals surface area (Å²) in [5.41, 5.74) is 1.22. The number of sulfonamides is 1. The molecule has 0 fully saturated rings. The van der Waals surface area contributed by atoms with E-state index in [4.69, 9.17) is 19.3 Å². The standard InChI is InChI=1S/C20H24N2O7S/c1-27-17-9-6-14(11-18(17)28-2)16(12-20(24)29-3)22-19(23)10-13-4-7-15(8-5-13)30(21,25)26/h4-9,11,16H,10,12H2,1-3H3,(H,22,23)(H2,21,25,26). The Balaban J connectivity index is 2.20. The van der Waals surface area contributed by atoms with Crippen molar-refractivity contribution in [2.24, 2.45) is 5.14 Å². The number of nitrogens with one attached hydrogen (secondary N) is 1. The summed E-state index contributed by atoms with van der Waals surface area (Å²) >= 11 is 0. The number of primary sulfonamides is 1. The molecule has 3 N–H and O–H groups in total. The minimum Gasteiger partial charge on any atom is -0.493 e. The van der Waals surface area contributed by atoms with Crippen LogP contribution in [0.1, 0.15) is 23.6 Å². The molecule has 0 aliphatic heterocycles. The first-order chi connectivity index (χ1) is 14.2. The van der Waals surface area contributed by atoms with E-state index >= 15 is 0 Å². The lowest BCUT2D eigenvalue weighted by Crippen LogP contribution is -2.31. The minimum atomic E-state index is -3.81. The van der Waals surface area contributed by atoms with Crippen molar-refractivity contribution < 1.29 is 32.2 Å². The summed E-state index contributed by atoms with van der Waals surface area (Å²) in [6.45, 7) is 0. The van der Waals surface area contributed by atoms with Gasteiger partial charge >= 0.3 is 5.97 Å². The van der Waals surface area contributed by atoms with E-state index in [9.17, 15) is 18.0 Å². The number of esters is 1. The average molecular weight is 436 g/mol. The summed E-state index contributed by atoms with van der Waals surface area (Å²) < 4.78 is 37.9. The van der Waals surface area contributed by atoms with Crippen molar-refractivity contribution >= 4 is 21.9 Å². The predicted octanol–water partition coefficient (Wildman–Crippen LogP) is 1.31. The maximum Gasteiger partial charge on any atom is 0.307 e. The van der Waals surface area contributed by atoms with Crippen LogP contribution in [0.15, 0.2) is 47.4 Å². The molecule has 0 saturated carbocycles. The third-order valence-corrected chi connectivity index (χ3v) is 5.29. The second-order valence-corrected chi connectivity index (χ2v) is 7.94. The Morgan fingerprint density at radius 1 is 1.00 bits per heavy atom. The number of nitrogens with two attached hydrogens (primary N) is 1. The van der Waals surface area contributed by atoms with Crippen molar-refractivity contribution in [3.8, 4) is 11.5 Å². The summed E-state index contributed by atoms with van der Waals surface area (Å²) in [6, 6.07) is 10.1. The summed E-state index contributed by atoms with van der Waals surface area (Å²) in [4.78, 5) is 24.4. The molecule has 0 aromatic heterocycles. The van der Waals surface area contributed by atoms with E-state index in [0.29, 0.717) is 22.6 Å². The summed E-state index contributed by atoms with van der Waals surface area (Å²) in [7, 11) is 0.454. The Kier molecular flexibility index (Phi) is 7.79. The highest BCUT2D eigenvalue weighted by Gasteiger charge is 2.21. The average Bonchev–Trinajstić information content (AvgIpc) is 2.72. The number of carbonyl (C=O) groups is 2. The SMILES string of the molecule is COC(=O)CC(NC(=O)Cc1ccc(S(N)(=O)=O)cc1)c1ccc(OC)c(OC)c1. The molecule has 1 atom stereocenters. The molecular weight excluding hydrogens is 412 g/mol. The molecule has 9 nitrogen and oxygen atoms in total. The molecule has 0 spiro atoms. The van der Waals surface area contributed by atoms with Gasteiger partial charge in [0.1, 0.15) is 0 Å². The lowest BCUT2D eigenvalue weighted by Gasteiger charge is -2.20. The van der Waals surface area contributed by atoms with Crippen molar-refractivity contribution in [1.82, 2.24) is 5.32 Å². The van der Waals surface area contributed by atoms with Crippen LogP contribution in [0.3, 0.4) is 0 Å². The first-order valence-electron chi connectivity index (χ1n) is 8.87. The molecule has 10 heteroatoms. The minimum absolute atomic E-state index is 0.0180. The van der Waals surface area contributed by atoms with Crippen molar-refractivity contribution in [1.29, 1.82) is 0 Å². The van der Waals surface area contributed by atoms with E-state index in [1.807, 2.05) is 0 Å². The van der Waals surface area contributed by atoms with Gasteiger partial charge in [0.25, 0.3) is 0 Å². The maximum absolute atomic E-state index is 12.6. The van der Waals surface area contributed by atoms with Gasteiger partial charge < -0.3 is 19.5 Å². The van der Waals surface area contributed by atoms with E-state index in [1.165, 1.54) is 45.6 Å². The lowest BCUT2D eigenvalue weighted by molar-refractivity contribution is -0.141. The molecule has 0 aliphatic carbocycles. The van der Waals surface area contributed by atoms with Gasteiger partial charge in [0.2, 0.25) is 15.9 Å². The Morgan fingerprint density at radius 2 is 1.63 bits per heavy atom. The fourth-order valence-corrected chi connectivity index (χ4v) is 3.31. The van der Waals surface area contributed by atoms with Gasteiger partial charge in [-0.25, -0.2) is 13.6 Å². The van der Waals surface area contributed by atoms with Gasteiger partial charge in [0.05, 0.1) is 45.1 Å². The van der Waals surface area contributed by atoms with E-state index in [2.05, 4.69) is 5.32 Å². The van der Waals surface area contributed by atoms with Crippen LogP contribution < -0.4 is 19.9 Å². The van der Waals surface area contributed by atoms with Crippen molar-refractivity contribution in [2.75, 3.05) is 21.3 Å². The third-order valence-electron chi connectivity index (χ3n) is 4.36. The number of ether oxygens (including phenoxy) is 3. The zero-order valence-electron chi connectivity index (χ0n) is 16.9. The second kappa shape index (κ2) is 10.1. The van der Waals surface area contributed by atoms with Gasteiger partial charge in [0, 0.05) is 0 Å². The number of carbonyl (C=O) groups excluding carboxylic acids is 2.